The first-order valence-corrected chi connectivity index (χ1v) is 14.3. The standard InChI is InChI=1S/C31H48O6.Na.H/c1-17(2)9-8-10-20(28(35)36)26-22-15-24(34)27-29(5)13-12-23(33)18(3)21(29)11-14-30(27,6)31(22,7)16-25(26)37-19(4)32;;/h9,18,21-25,27,33-34H,8,10-16H2,1-7H3,(H,35,36);;/b26-20-;;/t18-,21-,22-,23+,24+,25-,27-,29-,30-,31-;;/m0../s1. The summed E-state index contributed by atoms with van der Waals surface area (Å²) in [5, 5.41) is 32.9. The van der Waals surface area contributed by atoms with Crippen molar-refractivity contribution in [2.75, 3.05) is 0 Å². The van der Waals surface area contributed by atoms with Crippen molar-refractivity contribution < 1.29 is 29.6 Å². The van der Waals surface area contributed by atoms with Gasteiger partial charge in [-0.2, -0.15) is 0 Å². The second-order valence-electron chi connectivity index (χ2n) is 13.6. The average molecular weight is 541 g/mol. The third-order valence-corrected chi connectivity index (χ3v) is 11.6. The zero-order valence-corrected chi connectivity index (χ0v) is 23.8. The van der Waals surface area contributed by atoms with Gasteiger partial charge in [0.1, 0.15) is 6.10 Å². The van der Waals surface area contributed by atoms with Gasteiger partial charge in [0, 0.05) is 12.5 Å². The summed E-state index contributed by atoms with van der Waals surface area (Å²) in [5.74, 6) is -0.909. The Kier molecular flexibility index (Phi) is 9.49. The number of hydrogen-bond acceptors (Lipinski definition) is 5. The van der Waals surface area contributed by atoms with Crippen LogP contribution >= 0.6 is 0 Å². The number of aliphatic hydroxyl groups excluding tert-OH is 2. The SMILES string of the molecule is CC(=O)O[C@H]1C[C@@]2(C)[C@@H](C[C@@H](O)[C@H]3[C@@]4(C)CC[C@@H](O)[C@@H](C)[C@@H]4CC[C@@]32C)/C1=C(\CCC=C(C)C)C(=O)O.[NaH]. The molecule has 4 aliphatic carbocycles. The van der Waals surface area contributed by atoms with Crippen LogP contribution in [0.5, 0.6) is 0 Å². The van der Waals surface area contributed by atoms with Gasteiger partial charge in [-0.1, -0.05) is 39.3 Å². The van der Waals surface area contributed by atoms with E-state index in [0.29, 0.717) is 37.2 Å². The number of hydrogen-bond donors (Lipinski definition) is 3. The average Bonchev–Trinajstić information content (AvgIpc) is 3.05. The molecule has 7 heteroatoms. The molecule has 0 aliphatic heterocycles. The molecule has 0 saturated heterocycles. The Morgan fingerprint density at radius 2 is 1.68 bits per heavy atom. The Morgan fingerprint density at radius 1 is 1.03 bits per heavy atom. The third-order valence-electron chi connectivity index (χ3n) is 11.6. The summed E-state index contributed by atoms with van der Waals surface area (Å²) in [5.41, 5.74) is 1.57. The fraction of sp³-hybridized carbons (Fsp3) is 0.806. The predicted molar refractivity (Wildman–Crippen MR) is 150 cm³/mol. The summed E-state index contributed by atoms with van der Waals surface area (Å²) in [6.45, 7) is 14.5. The minimum absolute atomic E-state index is 0. The van der Waals surface area contributed by atoms with E-state index in [4.69, 9.17) is 4.74 Å². The van der Waals surface area contributed by atoms with Crippen molar-refractivity contribution in [1.82, 2.24) is 0 Å². The number of fused-ring (bicyclic) bond motifs is 5. The molecule has 4 fully saturated rings. The van der Waals surface area contributed by atoms with Crippen LogP contribution in [0, 0.1) is 39.9 Å². The minimum atomic E-state index is -0.953. The second-order valence-corrected chi connectivity index (χ2v) is 13.6. The van der Waals surface area contributed by atoms with Gasteiger partial charge in [0.15, 0.2) is 0 Å². The quantitative estimate of drug-likeness (QED) is 0.196. The predicted octanol–water partition coefficient (Wildman–Crippen LogP) is 5.02. The molecule has 0 aromatic heterocycles. The summed E-state index contributed by atoms with van der Waals surface area (Å²) >= 11 is 0. The molecular weight excluding hydrogens is 491 g/mol. The van der Waals surface area contributed by atoms with Crippen molar-refractivity contribution in [3.63, 3.8) is 0 Å². The van der Waals surface area contributed by atoms with Gasteiger partial charge in [-0.3, -0.25) is 4.79 Å². The molecular formula is C31H49NaO6. The van der Waals surface area contributed by atoms with Crippen molar-refractivity contribution >= 4 is 41.5 Å². The van der Waals surface area contributed by atoms with Gasteiger partial charge in [0.05, 0.1) is 12.2 Å². The molecule has 0 bridgehead atoms. The van der Waals surface area contributed by atoms with Crippen LogP contribution in [0.25, 0.3) is 0 Å². The number of aliphatic carboxylic acids is 1. The van der Waals surface area contributed by atoms with E-state index in [-0.39, 0.29) is 69.7 Å². The number of ether oxygens (including phenoxy) is 1. The number of carboxylic acids is 1. The molecule has 0 aromatic rings. The number of rotatable bonds is 5. The van der Waals surface area contributed by atoms with Gasteiger partial charge in [-0.05, 0) is 111 Å². The molecule has 0 heterocycles. The molecule has 4 rings (SSSR count). The molecule has 4 aliphatic rings. The Morgan fingerprint density at radius 3 is 2.26 bits per heavy atom. The normalized spacial score (nSPS) is 45.0. The van der Waals surface area contributed by atoms with Crippen molar-refractivity contribution in [3.8, 4) is 0 Å². The van der Waals surface area contributed by atoms with Gasteiger partial charge < -0.3 is 20.1 Å². The maximum atomic E-state index is 12.6. The van der Waals surface area contributed by atoms with E-state index in [2.05, 4.69) is 27.7 Å². The molecule has 3 N–H and O–H groups in total. The Balaban J connectivity index is 0.00000400. The van der Waals surface area contributed by atoms with Gasteiger partial charge >= 0.3 is 41.5 Å². The van der Waals surface area contributed by atoms with Gasteiger partial charge in [-0.15, -0.1) is 0 Å². The van der Waals surface area contributed by atoms with Crippen LogP contribution in [0.1, 0.15) is 99.8 Å². The monoisotopic (exact) mass is 540 g/mol. The number of esters is 1. The number of allylic oxidation sites excluding steroid dienone is 2. The number of carboxylic acid groups (broad SMARTS) is 1. The summed E-state index contributed by atoms with van der Waals surface area (Å²) in [6, 6.07) is 0. The fourth-order valence-corrected chi connectivity index (χ4v) is 9.79. The van der Waals surface area contributed by atoms with E-state index >= 15 is 0 Å². The molecule has 210 valence electrons. The van der Waals surface area contributed by atoms with Crippen molar-refractivity contribution in [3.05, 3.63) is 22.8 Å². The third kappa shape index (κ3) is 5.00. The number of carbonyl (C=O) groups excluding carboxylic acids is 1. The Hall–Kier alpha value is -0.660. The zero-order valence-electron chi connectivity index (χ0n) is 23.8. The van der Waals surface area contributed by atoms with Crippen molar-refractivity contribution in [2.45, 2.75) is 118 Å². The van der Waals surface area contributed by atoms with E-state index in [1.165, 1.54) is 6.92 Å². The first-order chi connectivity index (χ1) is 17.2. The second kappa shape index (κ2) is 11.3. The summed E-state index contributed by atoms with van der Waals surface area (Å²) < 4.78 is 5.87. The van der Waals surface area contributed by atoms with E-state index < -0.39 is 24.1 Å². The molecule has 0 radical (unpaired) electrons. The van der Waals surface area contributed by atoms with E-state index in [1.54, 1.807) is 0 Å². The molecule has 0 unspecified atom stereocenters. The number of aliphatic hydroxyl groups is 2. The van der Waals surface area contributed by atoms with Gasteiger partial charge in [0.25, 0.3) is 0 Å². The van der Waals surface area contributed by atoms with Crippen molar-refractivity contribution in [1.29, 1.82) is 0 Å². The van der Waals surface area contributed by atoms with E-state index in [0.717, 1.165) is 36.8 Å². The summed E-state index contributed by atoms with van der Waals surface area (Å²) in [6.07, 6.45) is 6.22. The van der Waals surface area contributed by atoms with E-state index in [9.17, 15) is 24.9 Å². The Labute approximate surface area is 251 Å². The molecule has 10 atom stereocenters. The van der Waals surface area contributed by atoms with Crippen LogP contribution in [-0.4, -0.2) is 75.1 Å². The molecule has 0 aromatic carbocycles. The first kappa shape index (κ1) is 31.9. The Bertz CT molecular complexity index is 1000. The van der Waals surface area contributed by atoms with Crippen LogP contribution < -0.4 is 0 Å². The first-order valence-electron chi connectivity index (χ1n) is 14.3. The van der Waals surface area contributed by atoms with Crippen LogP contribution in [0.2, 0.25) is 0 Å². The molecule has 0 amide bonds. The van der Waals surface area contributed by atoms with Crippen molar-refractivity contribution in [2.24, 2.45) is 39.9 Å². The molecule has 4 saturated carbocycles. The van der Waals surface area contributed by atoms with E-state index in [1.807, 2.05) is 19.9 Å². The van der Waals surface area contributed by atoms with Crippen LogP contribution in [-0.2, 0) is 14.3 Å². The molecule has 6 nitrogen and oxygen atoms in total. The zero-order chi connectivity index (χ0) is 27.5. The summed E-state index contributed by atoms with van der Waals surface area (Å²) in [7, 11) is 0. The van der Waals surface area contributed by atoms with Crippen LogP contribution in [0.4, 0.5) is 0 Å². The molecule has 38 heavy (non-hydrogen) atoms. The molecule has 0 spiro atoms. The van der Waals surface area contributed by atoms with Crippen LogP contribution in [0.3, 0.4) is 0 Å². The fourth-order valence-electron chi connectivity index (χ4n) is 9.79. The summed E-state index contributed by atoms with van der Waals surface area (Å²) in [4.78, 5) is 24.8. The topological polar surface area (TPSA) is 104 Å². The maximum absolute atomic E-state index is 12.6. The van der Waals surface area contributed by atoms with Crippen LogP contribution in [0.15, 0.2) is 22.8 Å². The number of carbonyl (C=O) groups is 2. The van der Waals surface area contributed by atoms with Gasteiger partial charge in [0.2, 0.25) is 0 Å². The van der Waals surface area contributed by atoms with Gasteiger partial charge in [-0.25, -0.2) is 4.79 Å².